The van der Waals surface area contributed by atoms with Gasteiger partial charge in [-0.25, -0.2) is 19.4 Å². The van der Waals surface area contributed by atoms with E-state index in [2.05, 4.69) is 10.3 Å². The summed E-state index contributed by atoms with van der Waals surface area (Å²) in [5.41, 5.74) is 7.23. The molecule has 11 heteroatoms. The van der Waals surface area contributed by atoms with E-state index in [1.165, 1.54) is 20.1 Å². The number of allylic oxidation sites excluding steroid dienone is 12. The number of carbonyl (C=O) groups is 1. The SMILES string of the molecule is CCC1=C(C)C2=NC1=CC1=C(C)C3=C(O)CC(=C4NC(=CC5=NC(=C2)C(C(F)C(F)(F)F)=C5C)[C@@H](C)[C@@H]4CCC(=O)OC)C3=N1. The molecule has 7 nitrogen and oxygen atoms in total. The van der Waals surface area contributed by atoms with Gasteiger partial charge in [0.2, 0.25) is 6.17 Å². The van der Waals surface area contributed by atoms with Gasteiger partial charge < -0.3 is 15.2 Å². The number of carbonyl (C=O) groups excluding carboxylic acids is 1. The van der Waals surface area contributed by atoms with Gasteiger partial charge in [0.05, 0.1) is 41.3 Å². The summed E-state index contributed by atoms with van der Waals surface area (Å²) >= 11 is 0. The van der Waals surface area contributed by atoms with Gasteiger partial charge in [-0.05, 0) is 74.1 Å². The summed E-state index contributed by atoms with van der Waals surface area (Å²) in [6.07, 6.45) is -2.05. The van der Waals surface area contributed by atoms with E-state index in [4.69, 9.17) is 14.7 Å². The number of aliphatic hydroxyl groups excluding tert-OH is 1. The van der Waals surface area contributed by atoms with Crippen LogP contribution in [0.1, 0.15) is 60.3 Å². The van der Waals surface area contributed by atoms with Crippen LogP contribution >= 0.6 is 0 Å². The van der Waals surface area contributed by atoms with Gasteiger partial charge in [0.15, 0.2) is 0 Å². The highest BCUT2D eigenvalue weighted by Gasteiger charge is 2.47. The minimum Gasteiger partial charge on any atom is -0.511 e. The third kappa shape index (κ3) is 4.96. The van der Waals surface area contributed by atoms with E-state index in [1.54, 1.807) is 6.08 Å². The fourth-order valence-electron chi connectivity index (χ4n) is 6.98. The minimum absolute atomic E-state index is 0.0856. The maximum atomic E-state index is 15.2. The number of rotatable bonds is 5. The molecule has 0 spiro atoms. The van der Waals surface area contributed by atoms with Crippen LogP contribution in [-0.4, -0.2) is 47.7 Å². The summed E-state index contributed by atoms with van der Waals surface area (Å²) in [6.45, 7) is 9.08. The van der Waals surface area contributed by atoms with E-state index in [0.29, 0.717) is 46.9 Å². The molecule has 1 aliphatic carbocycles. The number of nitrogens with one attached hydrogen (secondary N) is 1. The lowest BCUT2D eigenvalue weighted by Gasteiger charge is -2.17. The molecule has 3 atom stereocenters. The number of aliphatic imine (C=N–C) groups is 3. The van der Waals surface area contributed by atoms with Crippen molar-refractivity contribution in [2.24, 2.45) is 26.8 Å². The molecule has 1 unspecified atom stereocenters. The summed E-state index contributed by atoms with van der Waals surface area (Å²) in [5.74, 6) is -0.615. The molecule has 6 rings (SSSR count). The molecule has 1 saturated heterocycles. The molecule has 2 N–H and O–H groups in total. The van der Waals surface area contributed by atoms with E-state index in [9.17, 15) is 23.1 Å². The van der Waals surface area contributed by atoms with Crippen molar-refractivity contribution in [2.75, 3.05) is 7.11 Å². The fraction of sp³-hybridized carbons (Fsp3) is 0.412. The van der Waals surface area contributed by atoms with Crippen LogP contribution in [0.15, 0.2) is 106 Å². The molecule has 5 aliphatic heterocycles. The van der Waals surface area contributed by atoms with Gasteiger partial charge in [-0.2, -0.15) is 13.2 Å². The smallest absolute Gasteiger partial charge is 0.424 e. The molecule has 0 saturated carbocycles. The summed E-state index contributed by atoms with van der Waals surface area (Å²) in [6, 6.07) is 0. The standard InChI is InChI=1S/C34H34F4N4O3/c1-7-18-14(2)21-13-26-29(33(35)34(36,37)38)16(4)23(40-26)11-22-15(3)19(8-9-28(44)45-6)31(41-22)20-10-27(43)30-17(5)24(42-32(20)30)12-25(18)39-21/h11-13,15,19,33,41,43H,7-10H2,1-6H3/t15-,19-,33?/m0/s1. The van der Waals surface area contributed by atoms with E-state index >= 15 is 4.39 Å². The summed E-state index contributed by atoms with van der Waals surface area (Å²) in [4.78, 5) is 26.4. The van der Waals surface area contributed by atoms with E-state index in [0.717, 1.165) is 28.0 Å². The van der Waals surface area contributed by atoms with Crippen LogP contribution in [0.25, 0.3) is 0 Å². The molecule has 1 fully saturated rings. The monoisotopic (exact) mass is 622 g/mol. The fourth-order valence-corrected chi connectivity index (χ4v) is 6.98. The summed E-state index contributed by atoms with van der Waals surface area (Å²) in [7, 11) is 1.33. The molecule has 236 valence electrons. The van der Waals surface area contributed by atoms with Gasteiger partial charge in [-0.1, -0.05) is 13.8 Å². The van der Waals surface area contributed by atoms with Crippen LogP contribution in [-0.2, 0) is 9.53 Å². The van der Waals surface area contributed by atoms with Gasteiger partial charge in [0, 0.05) is 52.8 Å². The molecule has 8 bridgehead atoms. The Balaban J connectivity index is 1.61. The Kier molecular flexibility index (Phi) is 7.48. The van der Waals surface area contributed by atoms with Crippen molar-refractivity contribution in [3.8, 4) is 0 Å². The average Bonchev–Trinajstić information content (AvgIpc) is 3.73. The lowest BCUT2D eigenvalue weighted by atomic mass is 9.86. The normalized spacial score (nSPS) is 25.0. The van der Waals surface area contributed by atoms with Gasteiger partial charge in [-0.3, -0.25) is 4.79 Å². The third-order valence-corrected chi connectivity index (χ3v) is 9.53. The van der Waals surface area contributed by atoms with E-state index in [1.807, 2.05) is 33.8 Å². The van der Waals surface area contributed by atoms with Crippen LogP contribution in [0.5, 0.6) is 0 Å². The quantitative estimate of drug-likeness (QED) is 0.245. The summed E-state index contributed by atoms with van der Waals surface area (Å²) in [5, 5.41) is 14.6. The van der Waals surface area contributed by atoms with Gasteiger partial charge in [-0.15, -0.1) is 0 Å². The number of alkyl halides is 4. The number of fused-ring (bicyclic) bond motifs is 5. The predicted octanol–water partition coefficient (Wildman–Crippen LogP) is 7.51. The van der Waals surface area contributed by atoms with E-state index < -0.39 is 17.9 Å². The highest BCUT2D eigenvalue weighted by atomic mass is 19.4. The maximum absolute atomic E-state index is 15.2. The number of methoxy groups -OCH3 is 1. The minimum atomic E-state index is -5.12. The molecule has 0 aromatic rings. The maximum Gasteiger partial charge on any atom is 0.424 e. The van der Waals surface area contributed by atoms with Crippen molar-refractivity contribution in [3.63, 3.8) is 0 Å². The number of ether oxygens (including phenoxy) is 1. The van der Waals surface area contributed by atoms with Gasteiger partial charge in [0.1, 0.15) is 5.76 Å². The van der Waals surface area contributed by atoms with Gasteiger partial charge >= 0.3 is 12.1 Å². The molecule has 0 aromatic carbocycles. The second-order valence-corrected chi connectivity index (χ2v) is 12.0. The Bertz CT molecular complexity index is 1790. The van der Waals surface area contributed by atoms with Crippen LogP contribution in [0, 0.1) is 11.8 Å². The zero-order valence-corrected chi connectivity index (χ0v) is 25.9. The van der Waals surface area contributed by atoms with Crippen molar-refractivity contribution in [1.82, 2.24) is 5.32 Å². The van der Waals surface area contributed by atoms with Crippen molar-refractivity contribution in [2.45, 2.75) is 72.6 Å². The number of halogens is 4. The lowest BCUT2D eigenvalue weighted by molar-refractivity contribution is -0.168. The predicted molar refractivity (Wildman–Crippen MR) is 164 cm³/mol. The van der Waals surface area contributed by atoms with Gasteiger partial charge in [0.25, 0.3) is 0 Å². The van der Waals surface area contributed by atoms with Crippen LogP contribution in [0.2, 0.25) is 0 Å². The largest absolute Gasteiger partial charge is 0.511 e. The zero-order chi connectivity index (χ0) is 32.5. The van der Waals surface area contributed by atoms with Crippen molar-refractivity contribution >= 4 is 23.1 Å². The Hall–Kier alpha value is -4.28. The molecular weight excluding hydrogens is 588 g/mol. The summed E-state index contributed by atoms with van der Waals surface area (Å²) < 4.78 is 61.6. The topological polar surface area (TPSA) is 95.6 Å². The number of hydrogen-bond acceptors (Lipinski definition) is 7. The molecule has 0 amide bonds. The third-order valence-electron chi connectivity index (χ3n) is 9.53. The van der Waals surface area contributed by atoms with Crippen LogP contribution in [0.4, 0.5) is 17.6 Å². The molecule has 0 radical (unpaired) electrons. The average molecular weight is 623 g/mol. The highest BCUT2D eigenvalue weighted by molar-refractivity contribution is 6.21. The van der Waals surface area contributed by atoms with Crippen LogP contribution < -0.4 is 5.32 Å². The number of aliphatic hydroxyl groups is 1. The zero-order valence-electron chi connectivity index (χ0n) is 25.9. The van der Waals surface area contributed by atoms with Crippen molar-refractivity contribution < 1.29 is 32.2 Å². The van der Waals surface area contributed by atoms with Crippen molar-refractivity contribution in [1.29, 1.82) is 0 Å². The molecular formula is C34H34F4N4O3. The number of nitrogens with zero attached hydrogens (tertiary/aromatic N) is 3. The second-order valence-electron chi connectivity index (χ2n) is 12.0. The lowest BCUT2D eigenvalue weighted by Crippen LogP contribution is -2.27. The molecule has 5 heterocycles. The first-order valence-electron chi connectivity index (χ1n) is 15.0. The first-order valence-corrected chi connectivity index (χ1v) is 15.0. The van der Waals surface area contributed by atoms with E-state index in [-0.39, 0.29) is 53.4 Å². The Morgan fingerprint density at radius 1 is 1.07 bits per heavy atom. The highest BCUT2D eigenvalue weighted by Crippen LogP contribution is 2.47. The second kappa shape index (κ2) is 11.0. The Labute approximate surface area is 258 Å². The molecule has 0 aromatic heterocycles. The first kappa shape index (κ1) is 30.7. The Morgan fingerprint density at radius 2 is 1.76 bits per heavy atom. The van der Waals surface area contributed by atoms with Crippen molar-refractivity contribution in [3.05, 3.63) is 91.5 Å². The molecule has 6 aliphatic rings. The van der Waals surface area contributed by atoms with Crippen LogP contribution in [0.3, 0.4) is 0 Å². The number of hydrogen-bond donors (Lipinski definition) is 2. The Morgan fingerprint density at radius 3 is 2.42 bits per heavy atom. The molecule has 45 heavy (non-hydrogen) atoms. The first-order chi connectivity index (χ1) is 21.2. The number of esters is 1.